The largest absolute Gasteiger partial charge is 0.452 e. The molecule has 1 heterocycles. The van der Waals surface area contributed by atoms with Gasteiger partial charge in [0.25, 0.3) is 10.0 Å². The lowest BCUT2D eigenvalue weighted by Crippen LogP contribution is -2.30. The Balaban J connectivity index is 1.75. The molecule has 0 saturated carbocycles. The fourth-order valence-corrected chi connectivity index (χ4v) is 3.70. The fourth-order valence-electron chi connectivity index (χ4n) is 2.79. The molecule has 2 N–H and O–H groups in total. The zero-order valence-corrected chi connectivity index (χ0v) is 16.4. The van der Waals surface area contributed by atoms with E-state index in [4.69, 9.17) is 0 Å². The molecule has 2 amide bonds. The number of anilines is 1. The van der Waals surface area contributed by atoms with Crippen molar-refractivity contribution in [1.82, 2.24) is 9.29 Å². The average Bonchev–Trinajstić information content (AvgIpc) is 3.12. The number of hydrogen-bond acceptors (Lipinski definition) is 5. The molecule has 3 aromatic rings. The second-order valence-corrected chi connectivity index (χ2v) is 7.86. The Bertz CT molecular complexity index is 1170. The molecule has 0 radical (unpaired) electrons. The van der Waals surface area contributed by atoms with Gasteiger partial charge in [-0.2, -0.15) is 0 Å². The van der Waals surface area contributed by atoms with E-state index in [1.807, 2.05) is 0 Å². The Morgan fingerprint density at radius 2 is 1.79 bits per heavy atom. The van der Waals surface area contributed by atoms with Crippen molar-refractivity contribution in [1.29, 1.82) is 0 Å². The van der Waals surface area contributed by atoms with Gasteiger partial charge in [-0.15, -0.1) is 0 Å². The third-order valence-corrected chi connectivity index (χ3v) is 5.67. The second-order valence-electron chi connectivity index (χ2n) is 6.18. The Morgan fingerprint density at radius 3 is 2.45 bits per heavy atom. The predicted octanol–water partition coefficient (Wildman–Crippen LogP) is 3.02. The van der Waals surface area contributed by atoms with Gasteiger partial charge in [-0.1, -0.05) is 6.07 Å². The number of nitrogens with one attached hydrogen (secondary N) is 2. The van der Waals surface area contributed by atoms with Crippen LogP contribution in [0.3, 0.4) is 0 Å². The number of sulfonamides is 1. The smallest absolute Gasteiger partial charge is 0.420 e. The third kappa shape index (κ3) is 4.21. The van der Waals surface area contributed by atoms with E-state index in [0.29, 0.717) is 16.6 Å². The molecule has 152 valence electrons. The van der Waals surface area contributed by atoms with Gasteiger partial charge in [-0.05, 0) is 49.4 Å². The van der Waals surface area contributed by atoms with Crippen LogP contribution in [0, 0.1) is 5.82 Å². The highest BCUT2D eigenvalue weighted by Crippen LogP contribution is 2.23. The Hall–Kier alpha value is -3.40. The van der Waals surface area contributed by atoms with Crippen LogP contribution in [0.25, 0.3) is 10.9 Å². The second kappa shape index (κ2) is 7.92. The van der Waals surface area contributed by atoms with E-state index in [0.717, 1.165) is 7.11 Å². The number of aromatic nitrogens is 1. The monoisotopic (exact) mass is 419 g/mol. The highest BCUT2D eigenvalue weighted by atomic mass is 32.2. The predicted molar refractivity (Wildman–Crippen MR) is 104 cm³/mol. The molecular formula is C19H18FN3O5S. The van der Waals surface area contributed by atoms with Gasteiger partial charge >= 0.3 is 6.09 Å². The van der Waals surface area contributed by atoms with Crippen LogP contribution in [0.1, 0.15) is 13.0 Å². The molecule has 29 heavy (non-hydrogen) atoms. The van der Waals surface area contributed by atoms with Crippen molar-refractivity contribution in [2.24, 2.45) is 0 Å². The molecule has 0 fully saturated rings. The summed E-state index contributed by atoms with van der Waals surface area (Å²) in [6, 6.07) is 10.9. The number of hydrogen-bond donors (Lipinski definition) is 2. The molecule has 2 aromatic carbocycles. The van der Waals surface area contributed by atoms with Gasteiger partial charge in [-0.25, -0.2) is 22.3 Å². The summed E-state index contributed by atoms with van der Waals surface area (Å²) in [6.07, 6.45) is 0.526. The summed E-state index contributed by atoms with van der Waals surface area (Å²) in [7, 11) is -3.03. The molecule has 0 aliphatic heterocycles. The number of fused-ring (bicyclic) bond motifs is 1. The van der Waals surface area contributed by atoms with Gasteiger partial charge in [0.05, 0.1) is 17.5 Å². The van der Waals surface area contributed by atoms with Crippen molar-refractivity contribution >= 4 is 38.6 Å². The average molecular weight is 419 g/mol. The zero-order chi connectivity index (χ0) is 21.2. The molecule has 0 spiro atoms. The minimum absolute atomic E-state index is 0.166. The number of ether oxygens (including phenoxy) is 1. The van der Waals surface area contributed by atoms with Crippen molar-refractivity contribution in [3.05, 3.63) is 60.5 Å². The number of carbonyl (C=O) groups excluding carboxylic acids is 2. The van der Waals surface area contributed by atoms with Gasteiger partial charge in [0, 0.05) is 17.3 Å². The van der Waals surface area contributed by atoms with Crippen LogP contribution in [0.2, 0.25) is 0 Å². The Kier molecular flexibility index (Phi) is 5.55. The molecule has 1 aromatic heterocycles. The summed E-state index contributed by atoms with van der Waals surface area (Å²) in [6.45, 7) is 1.67. The lowest BCUT2D eigenvalue weighted by atomic mass is 10.2. The molecule has 0 saturated heterocycles. The van der Waals surface area contributed by atoms with E-state index in [1.54, 1.807) is 40.6 Å². The molecular weight excluding hydrogens is 401 g/mol. The summed E-state index contributed by atoms with van der Waals surface area (Å²) in [5.41, 5.74) is 0.949. The molecule has 0 bridgehead atoms. The number of halogens is 1. The molecule has 1 atom stereocenters. The molecule has 0 unspecified atom stereocenters. The maximum atomic E-state index is 13.8. The van der Waals surface area contributed by atoms with Gasteiger partial charge < -0.3 is 14.6 Å². The van der Waals surface area contributed by atoms with Gasteiger partial charge in [0.15, 0.2) is 0 Å². The van der Waals surface area contributed by atoms with Crippen LogP contribution in [0.15, 0.2) is 59.6 Å². The minimum Gasteiger partial charge on any atom is -0.452 e. The molecule has 0 aliphatic rings. The first-order valence-electron chi connectivity index (χ1n) is 8.49. The molecule has 10 heteroatoms. The van der Waals surface area contributed by atoms with E-state index >= 15 is 0 Å². The number of rotatable bonds is 5. The maximum Gasteiger partial charge on any atom is 0.420 e. The van der Waals surface area contributed by atoms with Crippen molar-refractivity contribution in [2.45, 2.75) is 17.9 Å². The van der Waals surface area contributed by atoms with Crippen LogP contribution in [-0.4, -0.2) is 32.1 Å². The van der Waals surface area contributed by atoms with Gasteiger partial charge in [-0.3, -0.25) is 4.79 Å². The summed E-state index contributed by atoms with van der Waals surface area (Å²) in [5, 5.41) is 3.10. The highest BCUT2D eigenvalue weighted by molar-refractivity contribution is 7.90. The highest BCUT2D eigenvalue weighted by Gasteiger charge is 2.20. The topological polar surface area (TPSA) is 106 Å². The number of benzene rings is 2. The summed E-state index contributed by atoms with van der Waals surface area (Å²) in [5.74, 6) is -0.735. The molecule has 8 nitrogen and oxygen atoms in total. The number of methoxy groups -OCH3 is 1. The van der Waals surface area contributed by atoms with Crippen LogP contribution >= 0.6 is 0 Å². The van der Waals surface area contributed by atoms with Crippen LogP contribution in [-0.2, 0) is 19.6 Å². The van der Waals surface area contributed by atoms with E-state index in [2.05, 4.69) is 10.1 Å². The van der Waals surface area contributed by atoms with Crippen molar-refractivity contribution in [3.8, 4) is 0 Å². The summed E-state index contributed by atoms with van der Waals surface area (Å²) in [4.78, 5) is 23.5. The lowest BCUT2D eigenvalue weighted by Gasteiger charge is -2.16. The zero-order valence-electron chi connectivity index (χ0n) is 15.5. The summed E-state index contributed by atoms with van der Waals surface area (Å²) < 4.78 is 45.5. The van der Waals surface area contributed by atoms with Crippen molar-refractivity contribution in [2.75, 3.05) is 12.4 Å². The van der Waals surface area contributed by atoms with Crippen LogP contribution < -0.4 is 10.0 Å². The third-order valence-electron chi connectivity index (χ3n) is 4.34. The van der Waals surface area contributed by atoms with Crippen molar-refractivity contribution < 1.29 is 27.1 Å². The Morgan fingerprint density at radius 1 is 1.10 bits per heavy atom. The standard InChI is InChI=1S/C19H18FN3O5S/c1-12(23-11-10-15-16(20)4-3-5-17(15)23)18(24)21-13-6-8-14(9-7-13)29(26,27)22-19(25)28-2/h3-12H,1-2H3,(H,21,24)(H,22,25)/t12-/m1/s1. The maximum absolute atomic E-state index is 13.8. The SMILES string of the molecule is COC(=O)NS(=O)(=O)c1ccc(NC(=O)[C@@H](C)n2ccc3c(F)cccc32)cc1. The van der Waals surface area contributed by atoms with Crippen LogP contribution in [0.5, 0.6) is 0 Å². The normalized spacial score (nSPS) is 12.4. The molecule has 3 rings (SSSR count). The van der Waals surface area contributed by atoms with E-state index < -0.39 is 22.2 Å². The van der Waals surface area contributed by atoms with E-state index in [1.165, 1.54) is 30.3 Å². The first-order valence-corrected chi connectivity index (χ1v) is 9.98. The van der Waals surface area contributed by atoms with Gasteiger partial charge in [0.1, 0.15) is 11.9 Å². The van der Waals surface area contributed by atoms with E-state index in [-0.39, 0.29) is 16.6 Å². The fraction of sp³-hybridized carbons (Fsp3) is 0.158. The first kappa shape index (κ1) is 20.3. The number of amides is 2. The van der Waals surface area contributed by atoms with Crippen LogP contribution in [0.4, 0.5) is 14.9 Å². The Labute approximate surface area is 166 Å². The summed E-state index contributed by atoms with van der Waals surface area (Å²) >= 11 is 0. The number of carbonyl (C=O) groups is 2. The first-order chi connectivity index (χ1) is 13.7. The number of nitrogens with zero attached hydrogens (tertiary/aromatic N) is 1. The quantitative estimate of drug-likeness (QED) is 0.661. The minimum atomic E-state index is -4.07. The van der Waals surface area contributed by atoms with Gasteiger partial charge in [0.2, 0.25) is 5.91 Å². The molecule has 0 aliphatic carbocycles. The lowest BCUT2D eigenvalue weighted by molar-refractivity contribution is -0.118. The van der Waals surface area contributed by atoms with Crippen molar-refractivity contribution in [3.63, 3.8) is 0 Å². The van der Waals surface area contributed by atoms with E-state index in [9.17, 15) is 22.4 Å².